The molecule has 0 spiro atoms. The van der Waals surface area contributed by atoms with Gasteiger partial charge < -0.3 is 14.6 Å². The lowest BCUT2D eigenvalue weighted by molar-refractivity contribution is -0.121. The van der Waals surface area contributed by atoms with Gasteiger partial charge in [-0.3, -0.25) is 4.79 Å². The molecule has 2 rings (SSSR count). The largest absolute Gasteiger partial charge is 0.376 e. The second-order valence-corrected chi connectivity index (χ2v) is 3.85. The van der Waals surface area contributed by atoms with E-state index in [4.69, 9.17) is 9.26 Å². The Balaban J connectivity index is 1.71. The Morgan fingerprint density at radius 1 is 1.62 bits per heavy atom. The number of aryl methyl sites for hydroxylation is 1. The van der Waals surface area contributed by atoms with E-state index in [1.165, 1.54) is 0 Å². The molecule has 0 bridgehead atoms. The Morgan fingerprint density at radius 2 is 2.50 bits per heavy atom. The minimum atomic E-state index is -0.112. The summed E-state index contributed by atoms with van der Waals surface area (Å²) in [6.45, 7) is 3.08. The number of hydrogen-bond donors (Lipinski definition) is 1. The van der Waals surface area contributed by atoms with E-state index in [-0.39, 0.29) is 18.4 Å². The number of aromatic nitrogens is 2. The Morgan fingerprint density at radius 3 is 3.12 bits per heavy atom. The molecule has 88 valence electrons. The zero-order valence-electron chi connectivity index (χ0n) is 9.23. The number of ether oxygens (including phenoxy) is 1. The lowest BCUT2D eigenvalue weighted by Gasteiger charge is -2.09. The van der Waals surface area contributed by atoms with Crippen LogP contribution >= 0.6 is 0 Å². The van der Waals surface area contributed by atoms with Gasteiger partial charge in [0.15, 0.2) is 5.82 Å². The van der Waals surface area contributed by atoms with E-state index in [0.717, 1.165) is 19.4 Å². The third kappa shape index (κ3) is 3.03. The fourth-order valence-corrected chi connectivity index (χ4v) is 1.64. The molecule has 1 amide bonds. The molecule has 0 aromatic carbocycles. The smallest absolute Gasteiger partial charge is 0.236 e. The second kappa shape index (κ2) is 5.07. The summed E-state index contributed by atoms with van der Waals surface area (Å²) in [5.41, 5.74) is 0. The topological polar surface area (TPSA) is 77.2 Å². The summed E-state index contributed by atoms with van der Waals surface area (Å²) in [5, 5.41) is 6.41. The van der Waals surface area contributed by atoms with Crippen molar-refractivity contribution in [3.8, 4) is 0 Å². The van der Waals surface area contributed by atoms with E-state index >= 15 is 0 Å². The van der Waals surface area contributed by atoms with Crippen molar-refractivity contribution in [2.24, 2.45) is 0 Å². The number of carbonyl (C=O) groups is 1. The first kappa shape index (κ1) is 11.1. The van der Waals surface area contributed by atoms with Crippen LogP contribution in [0.3, 0.4) is 0 Å². The molecule has 1 aliphatic heterocycles. The molecule has 2 heterocycles. The number of carbonyl (C=O) groups excluding carboxylic acids is 1. The van der Waals surface area contributed by atoms with E-state index in [1.54, 1.807) is 6.92 Å². The van der Waals surface area contributed by atoms with E-state index < -0.39 is 0 Å². The highest BCUT2D eigenvalue weighted by Gasteiger charge is 2.17. The maximum absolute atomic E-state index is 11.5. The summed E-state index contributed by atoms with van der Waals surface area (Å²) in [6.07, 6.45) is 2.38. The molecule has 1 aromatic rings. The summed E-state index contributed by atoms with van der Waals surface area (Å²) in [6, 6.07) is 0. The van der Waals surface area contributed by atoms with Gasteiger partial charge in [-0.15, -0.1) is 0 Å². The highest BCUT2D eigenvalue weighted by atomic mass is 16.5. The molecular weight excluding hydrogens is 210 g/mol. The van der Waals surface area contributed by atoms with Gasteiger partial charge in [0.05, 0.1) is 6.10 Å². The van der Waals surface area contributed by atoms with Gasteiger partial charge >= 0.3 is 0 Å². The zero-order chi connectivity index (χ0) is 11.4. The van der Waals surface area contributed by atoms with Gasteiger partial charge in [0.2, 0.25) is 11.8 Å². The third-order valence-electron chi connectivity index (χ3n) is 2.43. The van der Waals surface area contributed by atoms with E-state index in [0.29, 0.717) is 18.3 Å². The van der Waals surface area contributed by atoms with Crippen molar-refractivity contribution in [3.05, 3.63) is 11.7 Å². The molecule has 6 nitrogen and oxygen atoms in total. The van der Waals surface area contributed by atoms with E-state index in [2.05, 4.69) is 15.5 Å². The van der Waals surface area contributed by atoms with Gasteiger partial charge in [0, 0.05) is 13.2 Å². The molecule has 0 saturated carbocycles. The molecule has 1 atom stereocenters. The van der Waals surface area contributed by atoms with Crippen molar-refractivity contribution >= 4 is 5.91 Å². The molecule has 0 radical (unpaired) electrons. The minimum Gasteiger partial charge on any atom is -0.376 e. The number of amides is 1. The molecule has 1 saturated heterocycles. The SMILES string of the molecule is Cc1noc(CC(=O)NCC2CCCO2)n1. The average Bonchev–Trinajstić information content (AvgIpc) is 2.87. The first-order chi connectivity index (χ1) is 7.74. The summed E-state index contributed by atoms with van der Waals surface area (Å²) >= 11 is 0. The number of nitrogens with one attached hydrogen (secondary N) is 1. The van der Waals surface area contributed by atoms with Crippen LogP contribution in [0.5, 0.6) is 0 Å². The van der Waals surface area contributed by atoms with Gasteiger partial charge in [-0.05, 0) is 19.8 Å². The average molecular weight is 225 g/mol. The second-order valence-electron chi connectivity index (χ2n) is 3.85. The highest BCUT2D eigenvalue weighted by molar-refractivity contribution is 5.77. The lowest BCUT2D eigenvalue weighted by atomic mass is 10.2. The molecule has 1 aliphatic rings. The molecular formula is C10H15N3O3. The number of rotatable bonds is 4. The minimum absolute atomic E-state index is 0.112. The first-order valence-corrected chi connectivity index (χ1v) is 5.41. The summed E-state index contributed by atoms with van der Waals surface area (Å²) in [7, 11) is 0. The molecule has 1 unspecified atom stereocenters. The van der Waals surface area contributed by atoms with Crippen LogP contribution in [0.25, 0.3) is 0 Å². The standard InChI is InChI=1S/C10H15N3O3/c1-7-12-10(16-13-7)5-9(14)11-6-8-3-2-4-15-8/h8H,2-6H2,1H3,(H,11,14). The Hall–Kier alpha value is -1.43. The molecule has 1 aromatic heterocycles. The van der Waals surface area contributed by atoms with Gasteiger partial charge in [-0.2, -0.15) is 4.98 Å². The van der Waals surface area contributed by atoms with Crippen molar-refractivity contribution in [1.82, 2.24) is 15.5 Å². The molecule has 6 heteroatoms. The van der Waals surface area contributed by atoms with Gasteiger partial charge in [-0.1, -0.05) is 5.16 Å². The van der Waals surface area contributed by atoms with Gasteiger partial charge in [0.1, 0.15) is 6.42 Å². The van der Waals surface area contributed by atoms with E-state index in [9.17, 15) is 4.79 Å². The summed E-state index contributed by atoms with van der Waals surface area (Å²) in [5.74, 6) is 0.781. The molecule has 0 aliphatic carbocycles. The predicted molar refractivity (Wildman–Crippen MR) is 54.7 cm³/mol. The van der Waals surface area contributed by atoms with Crippen molar-refractivity contribution in [2.75, 3.05) is 13.2 Å². The van der Waals surface area contributed by atoms with Gasteiger partial charge in [0.25, 0.3) is 0 Å². The number of hydrogen-bond acceptors (Lipinski definition) is 5. The fourth-order valence-electron chi connectivity index (χ4n) is 1.64. The molecule has 1 N–H and O–H groups in total. The van der Waals surface area contributed by atoms with Gasteiger partial charge in [-0.25, -0.2) is 0 Å². The van der Waals surface area contributed by atoms with Crippen molar-refractivity contribution in [3.63, 3.8) is 0 Å². The van der Waals surface area contributed by atoms with E-state index in [1.807, 2.05) is 0 Å². The fraction of sp³-hybridized carbons (Fsp3) is 0.700. The van der Waals surface area contributed by atoms with Crippen LogP contribution in [0.15, 0.2) is 4.52 Å². The third-order valence-corrected chi connectivity index (χ3v) is 2.43. The maximum Gasteiger partial charge on any atom is 0.236 e. The monoisotopic (exact) mass is 225 g/mol. The van der Waals surface area contributed by atoms with Crippen LogP contribution in [-0.2, 0) is 16.0 Å². The zero-order valence-corrected chi connectivity index (χ0v) is 9.23. The molecule has 1 fully saturated rings. The van der Waals surface area contributed by atoms with Crippen molar-refractivity contribution < 1.29 is 14.1 Å². The quantitative estimate of drug-likeness (QED) is 0.793. The number of nitrogens with zero attached hydrogens (tertiary/aromatic N) is 2. The summed E-state index contributed by atoms with van der Waals surface area (Å²) in [4.78, 5) is 15.4. The van der Waals surface area contributed by atoms with Crippen LogP contribution in [0, 0.1) is 6.92 Å². The van der Waals surface area contributed by atoms with Crippen LogP contribution in [0.2, 0.25) is 0 Å². The Bertz CT molecular complexity index is 358. The van der Waals surface area contributed by atoms with Crippen LogP contribution in [0.1, 0.15) is 24.6 Å². The van der Waals surface area contributed by atoms with Crippen LogP contribution < -0.4 is 5.32 Å². The van der Waals surface area contributed by atoms with Crippen molar-refractivity contribution in [2.45, 2.75) is 32.3 Å². The highest BCUT2D eigenvalue weighted by Crippen LogP contribution is 2.10. The maximum atomic E-state index is 11.5. The van der Waals surface area contributed by atoms with Crippen molar-refractivity contribution in [1.29, 1.82) is 0 Å². The summed E-state index contributed by atoms with van der Waals surface area (Å²) < 4.78 is 10.2. The Kier molecular flexibility index (Phi) is 3.51. The van der Waals surface area contributed by atoms with Crippen LogP contribution in [0.4, 0.5) is 0 Å². The normalized spacial score (nSPS) is 19.9. The first-order valence-electron chi connectivity index (χ1n) is 5.41. The predicted octanol–water partition coefficient (Wildman–Crippen LogP) is 0.216. The molecule has 16 heavy (non-hydrogen) atoms. The van der Waals surface area contributed by atoms with Crippen LogP contribution in [-0.4, -0.2) is 35.3 Å². The lowest BCUT2D eigenvalue weighted by Crippen LogP contribution is -2.32. The Labute approximate surface area is 93.4 Å².